The minimum atomic E-state index is 0.196. The molecular weight excluding hydrogens is 253 g/mol. The third-order valence-electron chi connectivity index (χ3n) is 2.26. The fraction of sp³-hybridized carbons (Fsp3) is 0.333. The van der Waals surface area contributed by atoms with Crippen molar-refractivity contribution < 1.29 is 5.11 Å². The second kappa shape index (κ2) is 3.48. The van der Waals surface area contributed by atoms with Gasteiger partial charge in [0.15, 0.2) is 0 Å². The lowest BCUT2D eigenvalue weighted by Crippen LogP contribution is -2.34. The van der Waals surface area contributed by atoms with E-state index in [0.29, 0.717) is 5.02 Å². The zero-order valence-electron chi connectivity index (χ0n) is 6.85. The van der Waals surface area contributed by atoms with E-state index in [-0.39, 0.29) is 11.8 Å². The lowest BCUT2D eigenvalue weighted by Gasteiger charge is -2.28. The van der Waals surface area contributed by atoms with Gasteiger partial charge in [-0.3, -0.25) is 0 Å². The maximum atomic E-state index is 9.66. The lowest BCUT2D eigenvalue weighted by molar-refractivity contribution is 0.364. The van der Waals surface area contributed by atoms with E-state index < -0.39 is 0 Å². The van der Waals surface area contributed by atoms with Crippen molar-refractivity contribution in [3.05, 3.63) is 27.2 Å². The van der Waals surface area contributed by atoms with Crippen LogP contribution < -0.4 is 5.32 Å². The fourth-order valence-corrected chi connectivity index (χ4v) is 2.24. The Kier molecular flexibility index (Phi) is 2.49. The summed E-state index contributed by atoms with van der Waals surface area (Å²) in [6.07, 6.45) is 1.06. The van der Waals surface area contributed by atoms with Gasteiger partial charge in [0.2, 0.25) is 0 Å². The summed E-state index contributed by atoms with van der Waals surface area (Å²) in [6, 6.07) is 3.85. The second-order valence-electron chi connectivity index (χ2n) is 3.12. The van der Waals surface area contributed by atoms with Crippen LogP contribution >= 0.6 is 27.5 Å². The largest absolute Gasteiger partial charge is 0.506 e. The molecule has 0 aliphatic carbocycles. The van der Waals surface area contributed by atoms with Crippen LogP contribution in [0.1, 0.15) is 18.0 Å². The van der Waals surface area contributed by atoms with Crippen molar-refractivity contribution in [3.63, 3.8) is 0 Å². The topological polar surface area (TPSA) is 32.3 Å². The van der Waals surface area contributed by atoms with Gasteiger partial charge in [-0.15, -0.1) is 0 Å². The summed E-state index contributed by atoms with van der Waals surface area (Å²) in [5, 5.41) is 13.3. The number of rotatable bonds is 1. The molecule has 13 heavy (non-hydrogen) atoms. The molecule has 1 aromatic carbocycles. The van der Waals surface area contributed by atoms with E-state index in [2.05, 4.69) is 21.2 Å². The van der Waals surface area contributed by atoms with Gasteiger partial charge in [-0.05, 0) is 25.1 Å². The Balaban J connectivity index is 2.42. The van der Waals surface area contributed by atoms with E-state index in [1.54, 1.807) is 6.07 Å². The predicted molar refractivity (Wildman–Crippen MR) is 56.2 cm³/mol. The van der Waals surface area contributed by atoms with Crippen molar-refractivity contribution in [1.29, 1.82) is 0 Å². The molecule has 1 aliphatic heterocycles. The molecule has 1 fully saturated rings. The third kappa shape index (κ3) is 1.68. The van der Waals surface area contributed by atoms with Crippen molar-refractivity contribution >= 4 is 27.5 Å². The molecule has 1 saturated heterocycles. The molecule has 1 aliphatic rings. The first-order valence-electron chi connectivity index (χ1n) is 4.10. The first kappa shape index (κ1) is 9.31. The molecule has 1 aromatic rings. The monoisotopic (exact) mass is 261 g/mol. The highest BCUT2D eigenvalue weighted by Gasteiger charge is 2.22. The van der Waals surface area contributed by atoms with E-state index in [9.17, 15) is 5.11 Å². The van der Waals surface area contributed by atoms with Crippen molar-refractivity contribution in [2.45, 2.75) is 12.5 Å². The van der Waals surface area contributed by atoms with Gasteiger partial charge in [0.05, 0.1) is 5.02 Å². The van der Waals surface area contributed by atoms with Crippen LogP contribution in [0.25, 0.3) is 0 Å². The van der Waals surface area contributed by atoms with Crippen molar-refractivity contribution in [1.82, 2.24) is 5.32 Å². The molecule has 0 amide bonds. The van der Waals surface area contributed by atoms with Crippen LogP contribution in [0.3, 0.4) is 0 Å². The van der Waals surface area contributed by atoms with E-state index in [1.807, 2.05) is 6.07 Å². The number of hydrogen-bond donors (Lipinski definition) is 2. The molecule has 4 heteroatoms. The molecule has 0 unspecified atom stereocenters. The van der Waals surface area contributed by atoms with Gasteiger partial charge in [0.1, 0.15) is 5.75 Å². The highest BCUT2D eigenvalue weighted by atomic mass is 79.9. The number of nitrogens with one attached hydrogen (secondary N) is 1. The molecule has 2 nitrogen and oxygen atoms in total. The Morgan fingerprint density at radius 1 is 1.54 bits per heavy atom. The summed E-state index contributed by atoms with van der Waals surface area (Å²) in [4.78, 5) is 0. The molecule has 0 spiro atoms. The van der Waals surface area contributed by atoms with E-state index in [4.69, 9.17) is 11.6 Å². The Bertz CT molecular complexity index is 339. The van der Waals surface area contributed by atoms with Crippen molar-refractivity contribution in [2.24, 2.45) is 0 Å². The summed E-state index contributed by atoms with van der Waals surface area (Å²) < 4.78 is 0.902. The molecule has 1 atom stereocenters. The molecule has 1 heterocycles. The summed E-state index contributed by atoms with van der Waals surface area (Å²) in [5.74, 6) is 0.196. The molecule has 70 valence electrons. The van der Waals surface area contributed by atoms with Gasteiger partial charge >= 0.3 is 0 Å². The van der Waals surface area contributed by atoms with Gasteiger partial charge < -0.3 is 10.4 Å². The molecule has 0 saturated carbocycles. The summed E-state index contributed by atoms with van der Waals surface area (Å²) in [5.41, 5.74) is 0.880. The zero-order valence-corrected chi connectivity index (χ0v) is 9.19. The second-order valence-corrected chi connectivity index (χ2v) is 4.44. The minimum absolute atomic E-state index is 0.196. The standard InChI is InChI=1S/C9H9BrClNO/c10-5-3-6(8-1-2-12-8)9(13)7(11)4-5/h3-4,8,12-13H,1-2H2/t8-/m0/s1. The Labute approximate surface area is 90.0 Å². The first-order chi connectivity index (χ1) is 6.18. The van der Waals surface area contributed by atoms with Crippen LogP contribution in [-0.4, -0.2) is 11.7 Å². The van der Waals surface area contributed by atoms with Crippen molar-refractivity contribution in [3.8, 4) is 5.75 Å². The highest BCUT2D eigenvalue weighted by molar-refractivity contribution is 9.10. The number of halogens is 2. The maximum Gasteiger partial charge on any atom is 0.139 e. The molecular formula is C9H9BrClNO. The zero-order chi connectivity index (χ0) is 9.42. The first-order valence-corrected chi connectivity index (χ1v) is 5.27. The smallest absolute Gasteiger partial charge is 0.139 e. The summed E-state index contributed by atoms with van der Waals surface area (Å²) >= 11 is 9.18. The molecule has 2 N–H and O–H groups in total. The number of hydrogen-bond acceptors (Lipinski definition) is 2. The Morgan fingerprint density at radius 3 is 2.77 bits per heavy atom. The van der Waals surface area contributed by atoms with Crippen LogP contribution in [0.4, 0.5) is 0 Å². The minimum Gasteiger partial charge on any atom is -0.506 e. The highest BCUT2D eigenvalue weighted by Crippen LogP contribution is 2.37. The average Bonchev–Trinajstić information content (AvgIpc) is 1.95. The van der Waals surface area contributed by atoms with Gasteiger partial charge in [0, 0.05) is 16.1 Å². The number of benzene rings is 1. The molecule has 0 aromatic heterocycles. The predicted octanol–water partition coefficient (Wildman–Crippen LogP) is 2.84. The van der Waals surface area contributed by atoms with E-state index in [1.165, 1.54) is 0 Å². The maximum absolute atomic E-state index is 9.66. The van der Waals surface area contributed by atoms with Crippen molar-refractivity contribution in [2.75, 3.05) is 6.54 Å². The molecule has 2 rings (SSSR count). The van der Waals surface area contributed by atoms with Crippen LogP contribution in [-0.2, 0) is 0 Å². The normalized spacial score (nSPS) is 21.2. The third-order valence-corrected chi connectivity index (χ3v) is 3.00. The van der Waals surface area contributed by atoms with Crippen LogP contribution in [0.2, 0.25) is 5.02 Å². The summed E-state index contributed by atoms with van der Waals surface area (Å²) in [7, 11) is 0. The van der Waals surface area contributed by atoms with E-state index >= 15 is 0 Å². The van der Waals surface area contributed by atoms with Gasteiger partial charge in [-0.1, -0.05) is 27.5 Å². The Morgan fingerprint density at radius 2 is 2.23 bits per heavy atom. The van der Waals surface area contributed by atoms with Crippen LogP contribution in [0.5, 0.6) is 5.75 Å². The number of phenols is 1. The average molecular weight is 263 g/mol. The number of aromatic hydroxyl groups is 1. The molecule has 0 bridgehead atoms. The lowest BCUT2D eigenvalue weighted by atomic mass is 9.97. The Hall–Kier alpha value is -0.250. The van der Waals surface area contributed by atoms with E-state index in [0.717, 1.165) is 23.0 Å². The fourth-order valence-electron chi connectivity index (χ4n) is 1.41. The van der Waals surface area contributed by atoms with Crippen LogP contribution in [0, 0.1) is 0 Å². The number of phenolic OH excluding ortho intramolecular Hbond substituents is 1. The van der Waals surface area contributed by atoms with Gasteiger partial charge in [-0.2, -0.15) is 0 Å². The quantitative estimate of drug-likeness (QED) is 0.816. The van der Waals surface area contributed by atoms with Gasteiger partial charge in [-0.25, -0.2) is 0 Å². The van der Waals surface area contributed by atoms with Crippen LogP contribution in [0.15, 0.2) is 16.6 Å². The SMILES string of the molecule is Oc1c(Cl)cc(Br)cc1[C@@H]1CCN1. The van der Waals surface area contributed by atoms with Gasteiger partial charge in [0.25, 0.3) is 0 Å². The molecule has 0 radical (unpaired) electrons. The summed E-state index contributed by atoms with van der Waals surface area (Å²) in [6.45, 7) is 1.01.